The van der Waals surface area contributed by atoms with E-state index in [0.717, 1.165) is 5.57 Å². The van der Waals surface area contributed by atoms with Crippen LogP contribution in [0.4, 0.5) is 0 Å². The van der Waals surface area contributed by atoms with Crippen molar-refractivity contribution in [1.82, 2.24) is 9.80 Å². The highest BCUT2D eigenvalue weighted by Gasteiger charge is 2.20. The van der Waals surface area contributed by atoms with Crippen LogP contribution in [-0.2, 0) is 57.2 Å². The molecule has 0 aliphatic heterocycles. The van der Waals surface area contributed by atoms with Gasteiger partial charge in [0.2, 0.25) is 0 Å². The summed E-state index contributed by atoms with van der Waals surface area (Å²) in [6, 6.07) is 0. The molecule has 0 aliphatic carbocycles. The fraction of sp³-hybridized carbons (Fsp3) is 0.429. The van der Waals surface area contributed by atoms with Crippen LogP contribution in [-0.4, -0.2) is 116 Å². The number of ether oxygens (including phenoxy) is 6. The summed E-state index contributed by atoms with van der Waals surface area (Å²) >= 11 is 0. The number of hydrogen-bond acceptors (Lipinski definition) is 14. The summed E-state index contributed by atoms with van der Waals surface area (Å²) in [6.45, 7) is 3.33. The molecule has 0 atom stereocenters. The maximum Gasteiger partial charge on any atom is 0.345 e. The summed E-state index contributed by atoms with van der Waals surface area (Å²) in [5.41, 5.74) is 0.393. The molecule has 0 saturated carbocycles. The Morgan fingerprint density at radius 1 is 0.524 bits per heavy atom. The maximum atomic E-state index is 11.3. The molecule has 0 rings (SSSR count). The van der Waals surface area contributed by atoms with E-state index in [1.165, 1.54) is 60.9 Å². The van der Waals surface area contributed by atoms with Gasteiger partial charge in [-0.15, -0.1) is 0 Å². The quantitative estimate of drug-likeness (QED) is 0.0883. The highest BCUT2D eigenvalue weighted by Crippen LogP contribution is 2.07. The van der Waals surface area contributed by atoms with E-state index in [-0.39, 0.29) is 16.7 Å². The van der Waals surface area contributed by atoms with Crippen molar-refractivity contribution in [3.8, 4) is 0 Å². The lowest BCUT2D eigenvalue weighted by molar-refractivity contribution is -0.145. The van der Waals surface area contributed by atoms with Crippen LogP contribution in [0.2, 0.25) is 0 Å². The van der Waals surface area contributed by atoms with Gasteiger partial charge in [-0.3, -0.25) is 0 Å². The molecule has 236 valence electrons. The van der Waals surface area contributed by atoms with Crippen molar-refractivity contribution in [2.75, 3.05) is 70.8 Å². The molecule has 0 spiro atoms. The van der Waals surface area contributed by atoms with Crippen molar-refractivity contribution in [3.05, 3.63) is 59.0 Å². The topological polar surface area (TPSA) is 164 Å². The normalized spacial score (nSPS) is 9.57. The number of esters is 6. The van der Waals surface area contributed by atoms with Crippen molar-refractivity contribution in [2.24, 2.45) is 0 Å². The first-order valence-corrected chi connectivity index (χ1v) is 11.9. The molecule has 14 heteroatoms. The van der Waals surface area contributed by atoms with Gasteiger partial charge in [0.25, 0.3) is 0 Å². The SMILES string of the molecule is CC=C(C(=O)OC)C(=O)OC.COC(=O)C(=C/C(C)=C/N(C)C)C(=O)OC.COC(=O)C(=C/C=C/N(C)C)C(=O)OC. The minimum absolute atomic E-state index is 0.0880. The smallest absolute Gasteiger partial charge is 0.345 e. The Bertz CT molecular complexity index is 1030. The standard InChI is InChI=1S/C11H17NO4.C10H15NO4.C7H10O4/c1-8(7-12(2)3)6-9(10(13)15-4)11(14)16-5;1-11(2)7-5-6-8(9(12)14-3)10(13)15-4;1-4-5(6(8)10-2)7(9)11-3/h6-7H,1-5H3;5-7H,1-4H3;4H,1-3H3/b8-7+;7-5+;. The van der Waals surface area contributed by atoms with Crippen molar-refractivity contribution >= 4 is 35.8 Å². The summed E-state index contributed by atoms with van der Waals surface area (Å²) in [7, 11) is 14.6. The summed E-state index contributed by atoms with van der Waals surface area (Å²) in [4.78, 5) is 70.0. The molecule has 0 aromatic heterocycles. The third-order valence-corrected chi connectivity index (χ3v) is 4.20. The van der Waals surface area contributed by atoms with Gasteiger partial charge < -0.3 is 38.2 Å². The first-order chi connectivity index (χ1) is 19.6. The van der Waals surface area contributed by atoms with Crippen LogP contribution in [0.5, 0.6) is 0 Å². The molecular formula is C28H42N2O12. The van der Waals surface area contributed by atoms with E-state index in [1.807, 2.05) is 28.2 Å². The van der Waals surface area contributed by atoms with Gasteiger partial charge in [-0.2, -0.15) is 0 Å². The van der Waals surface area contributed by atoms with Crippen LogP contribution in [0.1, 0.15) is 13.8 Å². The van der Waals surface area contributed by atoms with E-state index >= 15 is 0 Å². The average molecular weight is 599 g/mol. The number of rotatable bonds is 10. The van der Waals surface area contributed by atoms with Gasteiger partial charge in [0.15, 0.2) is 0 Å². The molecule has 14 nitrogen and oxygen atoms in total. The van der Waals surface area contributed by atoms with Gasteiger partial charge in [0.1, 0.15) is 16.7 Å². The number of methoxy groups -OCH3 is 6. The van der Waals surface area contributed by atoms with Crippen LogP contribution in [0.25, 0.3) is 0 Å². The average Bonchev–Trinajstić information content (AvgIpc) is 2.96. The zero-order chi connectivity index (χ0) is 33.4. The van der Waals surface area contributed by atoms with E-state index in [9.17, 15) is 28.8 Å². The number of carbonyl (C=O) groups is 6. The van der Waals surface area contributed by atoms with E-state index in [2.05, 4.69) is 28.4 Å². The van der Waals surface area contributed by atoms with Crippen LogP contribution in [0.15, 0.2) is 59.0 Å². The Hall–Kier alpha value is -4.88. The van der Waals surface area contributed by atoms with E-state index in [1.54, 1.807) is 42.1 Å². The molecule has 0 saturated heterocycles. The maximum absolute atomic E-state index is 11.3. The van der Waals surface area contributed by atoms with E-state index in [4.69, 9.17) is 0 Å². The molecule has 0 unspecified atom stereocenters. The second kappa shape index (κ2) is 24.0. The third-order valence-electron chi connectivity index (χ3n) is 4.20. The fourth-order valence-electron chi connectivity index (χ4n) is 2.38. The van der Waals surface area contributed by atoms with E-state index in [0.29, 0.717) is 0 Å². The van der Waals surface area contributed by atoms with Gasteiger partial charge in [-0.1, -0.05) is 6.08 Å². The lowest BCUT2D eigenvalue weighted by Gasteiger charge is -2.07. The lowest BCUT2D eigenvalue weighted by Crippen LogP contribution is -2.16. The molecule has 0 bridgehead atoms. The van der Waals surface area contributed by atoms with Gasteiger partial charge >= 0.3 is 35.8 Å². The zero-order valence-electron chi connectivity index (χ0n) is 26.3. The second-order valence-electron chi connectivity index (χ2n) is 7.93. The van der Waals surface area contributed by atoms with Gasteiger partial charge in [-0.05, 0) is 43.8 Å². The molecule has 0 N–H and O–H groups in total. The van der Waals surface area contributed by atoms with Gasteiger partial charge in [0.05, 0.1) is 42.7 Å². The molecule has 0 aliphatic rings. The highest BCUT2D eigenvalue weighted by atomic mass is 16.6. The largest absolute Gasteiger partial charge is 0.465 e. The number of hydrogen-bond donors (Lipinski definition) is 0. The van der Waals surface area contributed by atoms with Gasteiger partial charge in [-0.25, -0.2) is 28.8 Å². The molecule has 0 aromatic carbocycles. The number of nitrogens with zero attached hydrogens (tertiary/aromatic N) is 2. The minimum Gasteiger partial charge on any atom is -0.465 e. The summed E-state index contributed by atoms with van der Waals surface area (Å²) < 4.78 is 26.5. The van der Waals surface area contributed by atoms with Crippen molar-refractivity contribution in [3.63, 3.8) is 0 Å². The van der Waals surface area contributed by atoms with Gasteiger partial charge in [0, 0.05) is 34.4 Å². The first kappa shape index (κ1) is 41.6. The van der Waals surface area contributed by atoms with Crippen molar-refractivity contribution in [1.29, 1.82) is 0 Å². The highest BCUT2D eigenvalue weighted by molar-refractivity contribution is 6.15. The predicted octanol–water partition coefficient (Wildman–Crippen LogP) is 1.34. The molecule has 0 radical (unpaired) electrons. The Balaban J connectivity index is -0.000000553. The minimum atomic E-state index is -0.717. The van der Waals surface area contributed by atoms with Crippen LogP contribution in [0, 0.1) is 0 Å². The molecule has 0 amide bonds. The molecule has 42 heavy (non-hydrogen) atoms. The Labute approximate surface area is 246 Å². The van der Waals surface area contributed by atoms with E-state index < -0.39 is 35.8 Å². The molecule has 0 heterocycles. The third kappa shape index (κ3) is 18.4. The second-order valence-corrected chi connectivity index (χ2v) is 7.93. The Morgan fingerprint density at radius 2 is 0.857 bits per heavy atom. The van der Waals surface area contributed by atoms with Crippen molar-refractivity contribution in [2.45, 2.75) is 13.8 Å². The molecule has 0 aromatic rings. The molecule has 0 fully saturated rings. The summed E-state index contributed by atoms with van der Waals surface area (Å²) in [5, 5.41) is 0. The van der Waals surface area contributed by atoms with Crippen LogP contribution >= 0.6 is 0 Å². The number of allylic oxidation sites excluding steroid dienone is 5. The van der Waals surface area contributed by atoms with Crippen molar-refractivity contribution < 1.29 is 57.2 Å². The van der Waals surface area contributed by atoms with Crippen LogP contribution in [0.3, 0.4) is 0 Å². The Kier molecular flexibility index (Phi) is 23.7. The monoisotopic (exact) mass is 598 g/mol. The first-order valence-electron chi connectivity index (χ1n) is 11.9. The fourth-order valence-corrected chi connectivity index (χ4v) is 2.38. The summed E-state index contributed by atoms with van der Waals surface area (Å²) in [6.07, 6.45) is 9.13. The summed E-state index contributed by atoms with van der Waals surface area (Å²) in [5.74, 6) is -4.22. The Morgan fingerprint density at radius 3 is 1.14 bits per heavy atom. The molecular weight excluding hydrogens is 556 g/mol. The predicted molar refractivity (Wildman–Crippen MR) is 152 cm³/mol. The number of carbonyl (C=O) groups excluding carboxylic acids is 6. The van der Waals surface area contributed by atoms with Crippen LogP contribution < -0.4 is 0 Å². The zero-order valence-corrected chi connectivity index (χ0v) is 26.3. The lowest BCUT2D eigenvalue weighted by atomic mass is 10.2.